The fourth-order valence-electron chi connectivity index (χ4n) is 3.24. The SMILES string of the molecule is Cc1ccc(CN2CCSCC2)cc1NC(=O)C1CCNCC1. The highest BCUT2D eigenvalue weighted by Gasteiger charge is 2.21. The van der Waals surface area contributed by atoms with Crippen molar-refractivity contribution in [2.24, 2.45) is 5.92 Å². The number of nitrogens with zero attached hydrogens (tertiary/aromatic N) is 1. The van der Waals surface area contributed by atoms with E-state index in [4.69, 9.17) is 0 Å². The van der Waals surface area contributed by atoms with Crippen LogP contribution < -0.4 is 10.6 Å². The minimum absolute atomic E-state index is 0.151. The van der Waals surface area contributed by atoms with Crippen molar-refractivity contribution in [3.8, 4) is 0 Å². The zero-order valence-corrected chi connectivity index (χ0v) is 14.8. The van der Waals surface area contributed by atoms with Crippen LogP contribution in [0.4, 0.5) is 5.69 Å². The van der Waals surface area contributed by atoms with Crippen LogP contribution in [0.1, 0.15) is 24.0 Å². The fourth-order valence-corrected chi connectivity index (χ4v) is 4.22. The minimum Gasteiger partial charge on any atom is -0.326 e. The fraction of sp³-hybridized carbons (Fsp3) is 0.611. The van der Waals surface area contributed by atoms with Crippen LogP contribution in [-0.2, 0) is 11.3 Å². The number of carbonyl (C=O) groups excluding carboxylic acids is 1. The predicted molar refractivity (Wildman–Crippen MR) is 98.0 cm³/mol. The van der Waals surface area contributed by atoms with Gasteiger partial charge in [-0.05, 0) is 50.0 Å². The number of hydrogen-bond donors (Lipinski definition) is 2. The number of piperidine rings is 1. The molecule has 0 aromatic heterocycles. The predicted octanol–water partition coefficient (Wildman–Crippen LogP) is 2.48. The molecule has 1 aromatic rings. The first-order chi connectivity index (χ1) is 11.2. The molecule has 1 aromatic carbocycles. The maximum atomic E-state index is 12.5. The van der Waals surface area contributed by atoms with Gasteiger partial charge in [-0.3, -0.25) is 9.69 Å². The van der Waals surface area contributed by atoms with Gasteiger partial charge in [-0.25, -0.2) is 0 Å². The highest BCUT2D eigenvalue weighted by molar-refractivity contribution is 7.99. The van der Waals surface area contributed by atoms with E-state index in [-0.39, 0.29) is 11.8 Å². The molecule has 0 unspecified atom stereocenters. The van der Waals surface area contributed by atoms with Crippen molar-refractivity contribution in [3.63, 3.8) is 0 Å². The summed E-state index contributed by atoms with van der Waals surface area (Å²) >= 11 is 2.04. The molecule has 2 saturated heterocycles. The summed E-state index contributed by atoms with van der Waals surface area (Å²) in [6, 6.07) is 6.49. The van der Waals surface area contributed by atoms with Crippen molar-refractivity contribution in [2.75, 3.05) is 43.0 Å². The Morgan fingerprint density at radius 2 is 2.04 bits per heavy atom. The normalized spacial score (nSPS) is 20.4. The van der Waals surface area contributed by atoms with Crippen LogP contribution in [0.25, 0.3) is 0 Å². The lowest BCUT2D eigenvalue weighted by molar-refractivity contribution is -0.120. The van der Waals surface area contributed by atoms with Crippen molar-refractivity contribution >= 4 is 23.4 Å². The number of anilines is 1. The zero-order valence-electron chi connectivity index (χ0n) is 13.9. The molecule has 0 saturated carbocycles. The molecule has 0 bridgehead atoms. The molecule has 2 aliphatic heterocycles. The van der Waals surface area contributed by atoms with Gasteiger partial charge in [-0.1, -0.05) is 12.1 Å². The van der Waals surface area contributed by atoms with Gasteiger partial charge < -0.3 is 10.6 Å². The van der Waals surface area contributed by atoms with E-state index in [2.05, 4.69) is 40.7 Å². The second-order valence-electron chi connectivity index (χ2n) is 6.55. The number of rotatable bonds is 4. The molecule has 0 aliphatic carbocycles. The summed E-state index contributed by atoms with van der Waals surface area (Å²) in [5.41, 5.74) is 3.42. The van der Waals surface area contributed by atoms with Crippen molar-refractivity contribution in [1.29, 1.82) is 0 Å². The molecule has 2 N–H and O–H groups in total. The van der Waals surface area contributed by atoms with Gasteiger partial charge in [0.2, 0.25) is 5.91 Å². The van der Waals surface area contributed by atoms with E-state index < -0.39 is 0 Å². The van der Waals surface area contributed by atoms with Gasteiger partial charge in [0.1, 0.15) is 0 Å². The van der Waals surface area contributed by atoms with Gasteiger partial charge in [0.05, 0.1) is 0 Å². The average Bonchev–Trinajstić information content (AvgIpc) is 2.59. The molecule has 5 heteroatoms. The largest absolute Gasteiger partial charge is 0.326 e. The van der Waals surface area contributed by atoms with E-state index in [0.29, 0.717) is 0 Å². The van der Waals surface area contributed by atoms with Crippen molar-refractivity contribution in [1.82, 2.24) is 10.2 Å². The van der Waals surface area contributed by atoms with Gasteiger partial charge in [0.25, 0.3) is 0 Å². The first-order valence-electron chi connectivity index (χ1n) is 8.63. The number of hydrogen-bond acceptors (Lipinski definition) is 4. The van der Waals surface area contributed by atoms with E-state index in [1.807, 2.05) is 11.8 Å². The smallest absolute Gasteiger partial charge is 0.227 e. The lowest BCUT2D eigenvalue weighted by Gasteiger charge is -2.26. The molecular formula is C18H27N3OS. The lowest BCUT2D eigenvalue weighted by atomic mass is 9.97. The van der Waals surface area contributed by atoms with Gasteiger partial charge >= 0.3 is 0 Å². The Balaban J connectivity index is 1.63. The monoisotopic (exact) mass is 333 g/mol. The maximum Gasteiger partial charge on any atom is 0.227 e. The molecule has 0 radical (unpaired) electrons. The topological polar surface area (TPSA) is 44.4 Å². The number of aryl methyl sites for hydroxylation is 1. The van der Waals surface area contributed by atoms with E-state index in [1.54, 1.807) is 0 Å². The van der Waals surface area contributed by atoms with Crippen LogP contribution >= 0.6 is 11.8 Å². The molecule has 2 aliphatic rings. The Morgan fingerprint density at radius 3 is 2.78 bits per heavy atom. The van der Waals surface area contributed by atoms with E-state index in [9.17, 15) is 4.79 Å². The number of amides is 1. The Labute approximate surface area is 143 Å². The van der Waals surface area contributed by atoms with Crippen molar-refractivity contribution in [2.45, 2.75) is 26.3 Å². The number of benzene rings is 1. The highest BCUT2D eigenvalue weighted by Crippen LogP contribution is 2.22. The number of thioether (sulfide) groups is 1. The summed E-state index contributed by atoms with van der Waals surface area (Å²) in [6.45, 7) is 7.27. The first-order valence-corrected chi connectivity index (χ1v) is 9.79. The summed E-state index contributed by atoms with van der Waals surface area (Å²) in [7, 11) is 0. The molecule has 23 heavy (non-hydrogen) atoms. The molecule has 0 spiro atoms. The summed E-state index contributed by atoms with van der Waals surface area (Å²) in [5.74, 6) is 2.79. The van der Waals surface area contributed by atoms with Gasteiger partial charge in [0, 0.05) is 42.7 Å². The summed E-state index contributed by atoms with van der Waals surface area (Å²) in [5, 5.41) is 6.48. The Bertz CT molecular complexity index is 537. The number of nitrogens with one attached hydrogen (secondary N) is 2. The summed E-state index contributed by atoms with van der Waals surface area (Å²) in [6.07, 6.45) is 1.88. The molecule has 1 amide bonds. The standard InChI is InChI=1S/C18H27N3OS/c1-14-2-3-15(13-21-8-10-23-11-9-21)12-17(14)20-18(22)16-4-6-19-7-5-16/h2-3,12,16,19H,4-11,13H2,1H3,(H,20,22). The quantitative estimate of drug-likeness (QED) is 0.888. The maximum absolute atomic E-state index is 12.5. The average molecular weight is 334 g/mol. The van der Waals surface area contributed by atoms with Crippen molar-refractivity contribution < 1.29 is 4.79 Å². The van der Waals surface area contributed by atoms with E-state index >= 15 is 0 Å². The second-order valence-corrected chi connectivity index (χ2v) is 7.78. The van der Waals surface area contributed by atoms with Crippen molar-refractivity contribution in [3.05, 3.63) is 29.3 Å². The summed E-state index contributed by atoms with van der Waals surface area (Å²) in [4.78, 5) is 15.0. The zero-order chi connectivity index (χ0) is 16.1. The molecule has 2 heterocycles. The third-order valence-electron chi connectivity index (χ3n) is 4.78. The van der Waals surface area contributed by atoms with Crippen LogP contribution in [0.2, 0.25) is 0 Å². The van der Waals surface area contributed by atoms with Crippen LogP contribution in [0.3, 0.4) is 0 Å². The van der Waals surface area contributed by atoms with Gasteiger partial charge in [-0.2, -0.15) is 11.8 Å². The third-order valence-corrected chi connectivity index (χ3v) is 5.72. The molecule has 0 atom stereocenters. The van der Waals surface area contributed by atoms with E-state index in [0.717, 1.165) is 56.8 Å². The lowest BCUT2D eigenvalue weighted by Crippen LogP contribution is -2.34. The Hall–Kier alpha value is -1.04. The van der Waals surface area contributed by atoms with Crippen LogP contribution in [-0.4, -0.2) is 48.5 Å². The van der Waals surface area contributed by atoms with Gasteiger partial charge in [0.15, 0.2) is 0 Å². The molecule has 2 fully saturated rings. The molecule has 4 nitrogen and oxygen atoms in total. The van der Waals surface area contributed by atoms with Crippen LogP contribution in [0.5, 0.6) is 0 Å². The Morgan fingerprint density at radius 1 is 1.30 bits per heavy atom. The third kappa shape index (κ3) is 4.72. The Kier molecular flexibility index (Phi) is 5.97. The molecular weight excluding hydrogens is 306 g/mol. The highest BCUT2D eigenvalue weighted by atomic mass is 32.2. The van der Waals surface area contributed by atoms with E-state index in [1.165, 1.54) is 17.1 Å². The molecule has 126 valence electrons. The molecule has 3 rings (SSSR count). The minimum atomic E-state index is 0.151. The van der Waals surface area contributed by atoms with Crippen LogP contribution in [0, 0.1) is 12.8 Å². The van der Waals surface area contributed by atoms with Crippen LogP contribution in [0.15, 0.2) is 18.2 Å². The van der Waals surface area contributed by atoms with Gasteiger partial charge in [-0.15, -0.1) is 0 Å². The second kappa shape index (κ2) is 8.18. The number of carbonyl (C=O) groups is 1. The first kappa shape index (κ1) is 16.8. The summed E-state index contributed by atoms with van der Waals surface area (Å²) < 4.78 is 0.